The van der Waals surface area contributed by atoms with Gasteiger partial charge in [-0.15, -0.1) is 0 Å². The Bertz CT molecular complexity index is 634. The van der Waals surface area contributed by atoms with E-state index in [0.29, 0.717) is 0 Å². The van der Waals surface area contributed by atoms with E-state index in [2.05, 4.69) is 5.32 Å². The lowest BCUT2D eigenvalue weighted by atomic mass is 9.88. The van der Waals surface area contributed by atoms with Gasteiger partial charge >= 0.3 is 5.97 Å². The zero-order valence-corrected chi connectivity index (χ0v) is 12.9. The van der Waals surface area contributed by atoms with Crippen LogP contribution in [0.3, 0.4) is 0 Å². The third-order valence-corrected chi connectivity index (χ3v) is 3.72. The third kappa shape index (κ3) is 3.07. The van der Waals surface area contributed by atoms with Crippen LogP contribution in [0.2, 0.25) is 0 Å². The molecule has 110 valence electrons. The first kappa shape index (κ1) is 15.1. The van der Waals surface area contributed by atoms with Crippen molar-refractivity contribution < 1.29 is 9.53 Å². The van der Waals surface area contributed by atoms with Gasteiger partial charge in [-0.25, -0.2) is 4.79 Å². The van der Waals surface area contributed by atoms with Crippen LogP contribution in [0.15, 0.2) is 48.5 Å². The monoisotopic (exact) mass is 283 g/mol. The summed E-state index contributed by atoms with van der Waals surface area (Å²) in [7, 11) is 1.41. The van der Waals surface area contributed by atoms with E-state index in [1.54, 1.807) is 0 Å². The third-order valence-electron chi connectivity index (χ3n) is 3.72. The first-order chi connectivity index (χ1) is 9.97. The van der Waals surface area contributed by atoms with Crippen molar-refractivity contribution in [3.63, 3.8) is 0 Å². The second-order valence-corrected chi connectivity index (χ2v) is 5.42. The molecule has 0 radical (unpaired) electrons. The summed E-state index contributed by atoms with van der Waals surface area (Å²) in [5.41, 5.74) is 3.10. The standard InChI is InChI=1S/C18H21NO2/c1-13-9-11-15(12-10-13)19-18(3,17(20)21-4)16-8-6-5-7-14(16)2/h5-12,19H,1-4H3. The zero-order valence-electron chi connectivity index (χ0n) is 12.9. The fraction of sp³-hybridized carbons (Fsp3) is 0.278. The second kappa shape index (κ2) is 6.00. The van der Waals surface area contributed by atoms with E-state index >= 15 is 0 Å². The van der Waals surface area contributed by atoms with Gasteiger partial charge in [0, 0.05) is 5.69 Å². The lowest BCUT2D eigenvalue weighted by Gasteiger charge is -2.31. The fourth-order valence-corrected chi connectivity index (χ4v) is 2.49. The number of aryl methyl sites for hydroxylation is 2. The minimum absolute atomic E-state index is 0.308. The summed E-state index contributed by atoms with van der Waals surface area (Å²) in [5.74, 6) is -0.308. The van der Waals surface area contributed by atoms with Gasteiger partial charge in [-0.3, -0.25) is 0 Å². The van der Waals surface area contributed by atoms with Crippen LogP contribution in [0.4, 0.5) is 5.69 Å². The number of ether oxygens (including phenoxy) is 1. The largest absolute Gasteiger partial charge is 0.467 e. The number of rotatable bonds is 4. The van der Waals surface area contributed by atoms with Crippen LogP contribution in [0.25, 0.3) is 0 Å². The van der Waals surface area contributed by atoms with E-state index in [1.165, 1.54) is 12.7 Å². The summed E-state index contributed by atoms with van der Waals surface area (Å²) in [5, 5.41) is 3.32. The number of carbonyl (C=O) groups excluding carboxylic acids is 1. The minimum Gasteiger partial charge on any atom is -0.467 e. The quantitative estimate of drug-likeness (QED) is 0.867. The summed E-state index contributed by atoms with van der Waals surface area (Å²) >= 11 is 0. The van der Waals surface area contributed by atoms with E-state index in [1.807, 2.05) is 69.3 Å². The Hall–Kier alpha value is -2.29. The SMILES string of the molecule is COC(=O)C(C)(Nc1ccc(C)cc1)c1ccccc1C. The van der Waals surface area contributed by atoms with Crippen molar-refractivity contribution in [2.75, 3.05) is 12.4 Å². The number of anilines is 1. The number of esters is 1. The molecule has 0 aliphatic heterocycles. The average molecular weight is 283 g/mol. The van der Waals surface area contributed by atoms with Crippen molar-refractivity contribution >= 4 is 11.7 Å². The van der Waals surface area contributed by atoms with Crippen molar-refractivity contribution in [3.05, 3.63) is 65.2 Å². The minimum atomic E-state index is -0.921. The van der Waals surface area contributed by atoms with Crippen LogP contribution in [0.1, 0.15) is 23.6 Å². The molecule has 2 rings (SSSR count). The molecule has 0 aliphatic rings. The van der Waals surface area contributed by atoms with Crippen molar-refractivity contribution in [1.82, 2.24) is 0 Å². The van der Waals surface area contributed by atoms with Crippen molar-refractivity contribution in [3.8, 4) is 0 Å². The first-order valence-electron chi connectivity index (χ1n) is 6.97. The molecule has 2 aromatic carbocycles. The van der Waals surface area contributed by atoms with Crippen LogP contribution >= 0.6 is 0 Å². The Morgan fingerprint density at radius 1 is 1.05 bits per heavy atom. The van der Waals surface area contributed by atoms with E-state index in [-0.39, 0.29) is 5.97 Å². The number of nitrogens with one attached hydrogen (secondary N) is 1. The van der Waals surface area contributed by atoms with E-state index in [9.17, 15) is 4.79 Å². The smallest absolute Gasteiger partial charge is 0.335 e. The molecule has 2 aromatic rings. The molecule has 1 unspecified atom stereocenters. The zero-order chi connectivity index (χ0) is 15.5. The van der Waals surface area contributed by atoms with Gasteiger partial charge in [0.1, 0.15) is 0 Å². The Labute approximate surface area is 126 Å². The summed E-state index contributed by atoms with van der Waals surface area (Å²) < 4.78 is 5.02. The lowest BCUT2D eigenvalue weighted by molar-refractivity contribution is -0.145. The van der Waals surface area contributed by atoms with Gasteiger partial charge in [0.05, 0.1) is 7.11 Å². The molecule has 0 saturated carbocycles. The van der Waals surface area contributed by atoms with Crippen molar-refractivity contribution in [1.29, 1.82) is 0 Å². The maximum atomic E-state index is 12.4. The highest BCUT2D eigenvalue weighted by atomic mass is 16.5. The maximum absolute atomic E-state index is 12.4. The number of hydrogen-bond donors (Lipinski definition) is 1. The molecule has 21 heavy (non-hydrogen) atoms. The molecule has 1 N–H and O–H groups in total. The topological polar surface area (TPSA) is 38.3 Å². The van der Waals surface area contributed by atoms with Gasteiger partial charge < -0.3 is 10.1 Å². The van der Waals surface area contributed by atoms with E-state index < -0.39 is 5.54 Å². The van der Waals surface area contributed by atoms with Crippen LogP contribution in [-0.2, 0) is 15.1 Å². The van der Waals surface area contributed by atoms with E-state index in [4.69, 9.17) is 4.74 Å². The molecule has 0 amide bonds. The molecule has 0 spiro atoms. The molecule has 0 bridgehead atoms. The van der Waals surface area contributed by atoms with Crippen LogP contribution < -0.4 is 5.32 Å². The van der Waals surface area contributed by atoms with Gasteiger partial charge in [-0.05, 0) is 44.0 Å². The Morgan fingerprint density at radius 2 is 1.67 bits per heavy atom. The number of carbonyl (C=O) groups is 1. The van der Waals surface area contributed by atoms with Crippen molar-refractivity contribution in [2.24, 2.45) is 0 Å². The number of benzene rings is 2. The molecule has 0 heterocycles. The first-order valence-corrected chi connectivity index (χ1v) is 6.97. The van der Waals surface area contributed by atoms with Gasteiger partial charge in [0.25, 0.3) is 0 Å². The van der Waals surface area contributed by atoms with Crippen LogP contribution in [-0.4, -0.2) is 13.1 Å². The number of methoxy groups -OCH3 is 1. The highest BCUT2D eigenvalue weighted by molar-refractivity contribution is 5.86. The highest BCUT2D eigenvalue weighted by Gasteiger charge is 2.37. The molecule has 0 saturated heterocycles. The van der Waals surface area contributed by atoms with E-state index in [0.717, 1.165) is 16.8 Å². The average Bonchev–Trinajstić information content (AvgIpc) is 2.49. The predicted molar refractivity (Wildman–Crippen MR) is 85.3 cm³/mol. The van der Waals surface area contributed by atoms with Crippen LogP contribution in [0.5, 0.6) is 0 Å². The molecule has 0 aromatic heterocycles. The molecule has 3 nitrogen and oxygen atoms in total. The Kier molecular flexibility index (Phi) is 4.32. The molecule has 0 fully saturated rings. The van der Waals surface area contributed by atoms with Crippen molar-refractivity contribution in [2.45, 2.75) is 26.3 Å². The summed E-state index contributed by atoms with van der Waals surface area (Å²) in [6.45, 7) is 5.87. The molecule has 0 aliphatic carbocycles. The lowest BCUT2D eigenvalue weighted by Crippen LogP contribution is -2.42. The van der Waals surface area contributed by atoms with Crippen LogP contribution in [0, 0.1) is 13.8 Å². The summed E-state index contributed by atoms with van der Waals surface area (Å²) in [6, 6.07) is 15.8. The second-order valence-electron chi connectivity index (χ2n) is 5.42. The van der Waals surface area contributed by atoms with Gasteiger partial charge in [0.15, 0.2) is 5.54 Å². The molecule has 3 heteroatoms. The Balaban J connectivity index is 2.45. The predicted octanol–water partition coefficient (Wildman–Crippen LogP) is 3.80. The molecular formula is C18H21NO2. The normalized spacial score (nSPS) is 13.3. The van der Waals surface area contributed by atoms with Gasteiger partial charge in [0.2, 0.25) is 0 Å². The van der Waals surface area contributed by atoms with Gasteiger partial charge in [-0.2, -0.15) is 0 Å². The highest BCUT2D eigenvalue weighted by Crippen LogP contribution is 2.30. The maximum Gasteiger partial charge on any atom is 0.335 e. The summed E-state index contributed by atoms with van der Waals surface area (Å²) in [4.78, 5) is 12.4. The number of hydrogen-bond acceptors (Lipinski definition) is 3. The van der Waals surface area contributed by atoms with Gasteiger partial charge in [-0.1, -0.05) is 42.0 Å². The fourth-order valence-electron chi connectivity index (χ4n) is 2.49. The Morgan fingerprint density at radius 3 is 2.24 bits per heavy atom. The summed E-state index contributed by atoms with van der Waals surface area (Å²) in [6.07, 6.45) is 0. The molecular weight excluding hydrogens is 262 g/mol. The molecule has 1 atom stereocenters.